The van der Waals surface area contributed by atoms with E-state index < -0.39 is 0 Å². The molecule has 3 rings (SSSR count). The predicted molar refractivity (Wildman–Crippen MR) is 113 cm³/mol. The molecule has 0 spiro atoms. The lowest BCUT2D eigenvalue weighted by Crippen LogP contribution is -2.34. The van der Waals surface area contributed by atoms with Gasteiger partial charge in [-0.2, -0.15) is 0 Å². The van der Waals surface area contributed by atoms with Crippen LogP contribution in [0.1, 0.15) is 11.4 Å². The van der Waals surface area contributed by atoms with Gasteiger partial charge in [0.1, 0.15) is 5.82 Å². The van der Waals surface area contributed by atoms with E-state index in [0.29, 0.717) is 32.5 Å². The number of aromatic nitrogens is 3. The van der Waals surface area contributed by atoms with Crippen molar-refractivity contribution in [1.82, 2.24) is 25.0 Å². The Kier molecular flexibility index (Phi) is 7.00. The number of urea groups is 1. The average Bonchev–Trinajstić information content (AvgIpc) is 3.10. The zero-order valence-corrected chi connectivity index (χ0v) is 18.0. The molecule has 152 valence electrons. The van der Waals surface area contributed by atoms with E-state index >= 15 is 0 Å². The summed E-state index contributed by atoms with van der Waals surface area (Å²) in [4.78, 5) is 13.3. The first-order valence-electron chi connectivity index (χ1n) is 8.57. The zero-order chi connectivity index (χ0) is 21.0. The van der Waals surface area contributed by atoms with Crippen molar-refractivity contribution in [2.45, 2.75) is 17.5 Å². The van der Waals surface area contributed by atoms with E-state index in [-0.39, 0.29) is 18.4 Å². The molecule has 0 aliphatic heterocycles. The summed E-state index contributed by atoms with van der Waals surface area (Å²) in [6.45, 7) is 0.157. The highest BCUT2D eigenvalue weighted by atomic mass is 35.5. The van der Waals surface area contributed by atoms with Crippen molar-refractivity contribution in [1.29, 1.82) is 0 Å². The largest absolute Gasteiger partial charge is 0.331 e. The van der Waals surface area contributed by atoms with Gasteiger partial charge in [0.05, 0.1) is 17.3 Å². The van der Waals surface area contributed by atoms with Crippen LogP contribution in [0.15, 0.2) is 47.6 Å². The van der Waals surface area contributed by atoms with Crippen LogP contribution in [0.3, 0.4) is 0 Å². The first-order chi connectivity index (χ1) is 13.8. The highest BCUT2D eigenvalue weighted by Crippen LogP contribution is 2.31. The number of nitrogens with one attached hydrogen (secondary N) is 1. The molecular formula is C19H18Cl2FN5OS. The summed E-state index contributed by atoms with van der Waals surface area (Å²) in [6, 6.07) is 11.1. The molecule has 0 aliphatic rings. The van der Waals surface area contributed by atoms with Crippen molar-refractivity contribution in [2.24, 2.45) is 0 Å². The summed E-state index contributed by atoms with van der Waals surface area (Å²) in [5.41, 5.74) is 1.55. The maximum absolute atomic E-state index is 13.1. The quantitative estimate of drug-likeness (QED) is 0.545. The fraction of sp³-hybridized carbons (Fsp3) is 0.211. The van der Waals surface area contributed by atoms with Crippen molar-refractivity contribution < 1.29 is 9.18 Å². The molecule has 0 saturated heterocycles. The van der Waals surface area contributed by atoms with Gasteiger partial charge in [0, 0.05) is 24.9 Å². The van der Waals surface area contributed by atoms with E-state index in [1.807, 2.05) is 0 Å². The van der Waals surface area contributed by atoms with Crippen molar-refractivity contribution in [3.05, 3.63) is 69.7 Å². The first-order valence-corrected chi connectivity index (χ1v) is 10.3. The Hall–Kier alpha value is -2.29. The summed E-state index contributed by atoms with van der Waals surface area (Å²) in [5.74, 6) is 0.776. The Morgan fingerprint density at radius 2 is 1.90 bits per heavy atom. The van der Waals surface area contributed by atoms with E-state index in [4.69, 9.17) is 23.2 Å². The molecule has 0 saturated carbocycles. The molecule has 0 atom stereocenters. The van der Waals surface area contributed by atoms with Gasteiger partial charge in [-0.25, -0.2) is 9.18 Å². The number of nitrogens with zero attached hydrogens (tertiary/aromatic N) is 4. The third kappa shape index (κ3) is 5.41. The molecule has 0 unspecified atom stereocenters. The minimum atomic E-state index is -0.286. The molecule has 2 aromatic carbocycles. The lowest BCUT2D eigenvalue weighted by atomic mass is 10.2. The molecule has 0 fully saturated rings. The molecule has 1 aromatic heterocycles. The topological polar surface area (TPSA) is 63.1 Å². The van der Waals surface area contributed by atoms with Gasteiger partial charge in [-0.15, -0.1) is 10.2 Å². The van der Waals surface area contributed by atoms with Crippen molar-refractivity contribution >= 4 is 41.0 Å². The predicted octanol–water partition coefficient (Wildman–Crippen LogP) is 4.78. The monoisotopic (exact) mass is 453 g/mol. The van der Waals surface area contributed by atoms with Crippen LogP contribution in [0.2, 0.25) is 10.0 Å². The number of halogens is 3. The molecular weight excluding hydrogens is 436 g/mol. The molecule has 0 radical (unpaired) electrons. The number of thioether (sulfide) groups is 1. The molecule has 0 bridgehead atoms. The molecule has 29 heavy (non-hydrogen) atoms. The number of benzene rings is 2. The van der Waals surface area contributed by atoms with E-state index in [1.165, 1.54) is 28.8 Å². The standard InChI is InChI=1S/C19H18Cl2FN5OS/c1-26(2)18(28)23-10-17-24-25-19(29-11-12-3-6-14(22)7-4-12)27(17)16-9-13(20)5-8-15(16)21/h3-9H,10-11H2,1-2H3,(H,23,28). The van der Waals surface area contributed by atoms with Gasteiger partial charge in [0.2, 0.25) is 0 Å². The molecule has 3 aromatic rings. The second-order valence-corrected chi connectivity index (χ2v) is 8.08. The summed E-state index contributed by atoms with van der Waals surface area (Å²) in [6.07, 6.45) is 0. The Bertz CT molecular complexity index is 1010. The van der Waals surface area contributed by atoms with Crippen LogP contribution in [-0.4, -0.2) is 39.8 Å². The van der Waals surface area contributed by atoms with E-state index in [9.17, 15) is 9.18 Å². The van der Waals surface area contributed by atoms with E-state index in [1.54, 1.807) is 49.0 Å². The van der Waals surface area contributed by atoms with E-state index in [0.717, 1.165) is 5.56 Å². The summed E-state index contributed by atoms with van der Waals surface area (Å²) in [5, 5.41) is 12.8. The van der Waals surface area contributed by atoms with Gasteiger partial charge in [-0.1, -0.05) is 47.1 Å². The number of rotatable bonds is 6. The first kappa shape index (κ1) is 21.4. The number of hydrogen-bond acceptors (Lipinski definition) is 4. The van der Waals surface area contributed by atoms with Crippen molar-refractivity contribution in [3.63, 3.8) is 0 Å². The molecule has 10 heteroatoms. The third-order valence-corrected chi connectivity index (χ3v) is 5.49. The Morgan fingerprint density at radius 3 is 2.59 bits per heavy atom. The number of hydrogen-bond donors (Lipinski definition) is 1. The lowest BCUT2D eigenvalue weighted by Gasteiger charge is -2.14. The minimum Gasteiger partial charge on any atom is -0.331 e. The average molecular weight is 454 g/mol. The van der Waals surface area contributed by atoms with Crippen LogP contribution >= 0.6 is 35.0 Å². The highest BCUT2D eigenvalue weighted by molar-refractivity contribution is 7.98. The second-order valence-electron chi connectivity index (χ2n) is 6.30. The summed E-state index contributed by atoms with van der Waals surface area (Å²) < 4.78 is 14.9. The minimum absolute atomic E-state index is 0.157. The third-order valence-electron chi connectivity index (χ3n) is 3.93. The maximum atomic E-state index is 13.1. The Balaban J connectivity index is 1.91. The SMILES string of the molecule is CN(C)C(=O)NCc1nnc(SCc2ccc(F)cc2)n1-c1cc(Cl)ccc1Cl. The maximum Gasteiger partial charge on any atom is 0.317 e. The van der Waals surface area contributed by atoms with Crippen LogP contribution in [-0.2, 0) is 12.3 Å². The molecule has 0 aliphatic carbocycles. The highest BCUT2D eigenvalue weighted by Gasteiger charge is 2.18. The Morgan fingerprint density at radius 1 is 1.17 bits per heavy atom. The van der Waals surface area contributed by atoms with E-state index in [2.05, 4.69) is 15.5 Å². The smallest absolute Gasteiger partial charge is 0.317 e. The summed E-state index contributed by atoms with van der Waals surface area (Å²) >= 11 is 14.0. The van der Waals surface area contributed by atoms with Gasteiger partial charge in [-0.3, -0.25) is 4.57 Å². The fourth-order valence-corrected chi connectivity index (χ4v) is 3.74. The number of carbonyl (C=O) groups is 1. The number of amides is 2. The molecule has 1 N–H and O–H groups in total. The van der Waals surface area contributed by atoms with Crippen LogP contribution in [0.4, 0.5) is 9.18 Å². The van der Waals surface area contributed by atoms with Crippen LogP contribution < -0.4 is 5.32 Å². The van der Waals surface area contributed by atoms with Crippen LogP contribution in [0.25, 0.3) is 5.69 Å². The number of carbonyl (C=O) groups excluding carboxylic acids is 1. The van der Waals surface area contributed by atoms with Gasteiger partial charge in [-0.05, 0) is 35.9 Å². The molecule has 2 amide bonds. The van der Waals surface area contributed by atoms with Gasteiger partial charge >= 0.3 is 6.03 Å². The molecule has 1 heterocycles. The normalized spacial score (nSPS) is 10.8. The van der Waals surface area contributed by atoms with Gasteiger partial charge < -0.3 is 10.2 Å². The zero-order valence-electron chi connectivity index (χ0n) is 15.7. The fourth-order valence-electron chi connectivity index (χ4n) is 2.45. The van der Waals surface area contributed by atoms with Gasteiger partial charge in [0.25, 0.3) is 0 Å². The second kappa shape index (κ2) is 9.47. The van der Waals surface area contributed by atoms with Crippen molar-refractivity contribution in [3.8, 4) is 5.69 Å². The van der Waals surface area contributed by atoms with Crippen LogP contribution in [0, 0.1) is 5.82 Å². The van der Waals surface area contributed by atoms with Crippen LogP contribution in [0.5, 0.6) is 0 Å². The lowest BCUT2D eigenvalue weighted by molar-refractivity contribution is 0.216. The summed E-state index contributed by atoms with van der Waals surface area (Å²) in [7, 11) is 3.30. The molecule has 6 nitrogen and oxygen atoms in total. The van der Waals surface area contributed by atoms with Gasteiger partial charge in [0.15, 0.2) is 11.0 Å². The van der Waals surface area contributed by atoms with Crippen molar-refractivity contribution in [2.75, 3.05) is 14.1 Å². The Labute approximate surface area is 182 Å².